The van der Waals surface area contributed by atoms with Crippen LogP contribution in [0, 0.1) is 0 Å². The second kappa shape index (κ2) is 3.87. The minimum Gasteiger partial charge on any atom is -1.00 e. The van der Waals surface area contributed by atoms with Crippen LogP contribution in [0.5, 0.6) is 0 Å². The van der Waals surface area contributed by atoms with Crippen molar-refractivity contribution in [3.8, 4) is 0 Å². The largest absolute Gasteiger partial charge is 1.00 e. The quantitative estimate of drug-likeness (QED) is 0.233. The van der Waals surface area contributed by atoms with Crippen molar-refractivity contribution in [1.29, 1.82) is 0 Å². The first-order valence-corrected chi connectivity index (χ1v) is 1.89. The summed E-state index contributed by atoms with van der Waals surface area (Å²) < 4.78 is 0. The van der Waals surface area contributed by atoms with Gasteiger partial charge in [0, 0.05) is 0 Å². The van der Waals surface area contributed by atoms with Gasteiger partial charge in [-0.1, -0.05) is 0 Å². The summed E-state index contributed by atoms with van der Waals surface area (Å²) >= 11 is 0. The van der Waals surface area contributed by atoms with E-state index in [1.807, 2.05) is 0 Å². The van der Waals surface area contributed by atoms with E-state index >= 15 is 0 Å². The molecule has 0 amide bonds. The Morgan fingerprint density at radius 1 is 1.43 bits per heavy atom. The average molecular weight is 114 g/mol. The molecule has 0 aromatic heterocycles. The van der Waals surface area contributed by atoms with Crippen molar-refractivity contribution in [3.05, 3.63) is 0 Å². The molecule has 0 aliphatic carbocycles. The standard InChI is InChI=1S/C4H10O2.Na.H/c1-4(2,3)6-5;;/h5H,1-3H3;;/q;+1;-1. The fourth-order valence-electron chi connectivity index (χ4n) is 0. The molecular formula is C4H11NaO2. The second-order valence-electron chi connectivity index (χ2n) is 2.20. The van der Waals surface area contributed by atoms with E-state index in [0.29, 0.717) is 0 Å². The number of rotatable bonds is 0. The second-order valence-corrected chi connectivity index (χ2v) is 2.20. The molecule has 0 spiro atoms. The first kappa shape index (κ1) is 10.8. The molecule has 40 valence electrons. The monoisotopic (exact) mass is 114 g/mol. The van der Waals surface area contributed by atoms with Gasteiger partial charge in [0.15, 0.2) is 0 Å². The van der Waals surface area contributed by atoms with Crippen LogP contribution in [0.3, 0.4) is 0 Å². The van der Waals surface area contributed by atoms with E-state index < -0.39 is 5.60 Å². The average Bonchev–Trinajstić information content (AvgIpc) is 1.35. The van der Waals surface area contributed by atoms with E-state index in [9.17, 15) is 0 Å². The normalized spacial score (nSPS) is 10.3. The van der Waals surface area contributed by atoms with E-state index in [0.717, 1.165) is 0 Å². The number of hydrogen-bond acceptors (Lipinski definition) is 2. The molecule has 0 saturated heterocycles. The fraction of sp³-hybridized carbons (Fsp3) is 1.00. The molecule has 0 saturated carbocycles. The molecule has 0 radical (unpaired) electrons. The zero-order chi connectivity index (χ0) is 5.21. The summed E-state index contributed by atoms with van der Waals surface area (Å²) in [6, 6.07) is 0. The van der Waals surface area contributed by atoms with Crippen LogP contribution in [0.4, 0.5) is 0 Å². The molecule has 0 heterocycles. The Morgan fingerprint density at radius 3 is 1.57 bits per heavy atom. The zero-order valence-electron chi connectivity index (χ0n) is 6.36. The molecule has 0 rings (SSSR count). The van der Waals surface area contributed by atoms with Gasteiger partial charge in [-0.25, -0.2) is 4.89 Å². The topological polar surface area (TPSA) is 29.5 Å². The van der Waals surface area contributed by atoms with Gasteiger partial charge in [-0.05, 0) is 20.8 Å². The third-order valence-electron chi connectivity index (χ3n) is 0.274. The molecule has 0 unspecified atom stereocenters. The Kier molecular flexibility index (Phi) is 5.98. The summed E-state index contributed by atoms with van der Waals surface area (Å²) in [5, 5.41) is 7.90. The van der Waals surface area contributed by atoms with Crippen LogP contribution in [0.2, 0.25) is 0 Å². The van der Waals surface area contributed by atoms with Gasteiger partial charge < -0.3 is 1.43 Å². The Labute approximate surface area is 67.6 Å². The maximum absolute atomic E-state index is 7.90. The third-order valence-corrected chi connectivity index (χ3v) is 0.274. The zero-order valence-corrected chi connectivity index (χ0v) is 7.36. The fourth-order valence-corrected chi connectivity index (χ4v) is 0. The molecule has 7 heavy (non-hydrogen) atoms. The minimum absolute atomic E-state index is 0. The molecule has 3 heteroatoms. The van der Waals surface area contributed by atoms with Crippen LogP contribution < -0.4 is 29.6 Å². The molecule has 0 bridgehead atoms. The first-order valence-electron chi connectivity index (χ1n) is 1.89. The smallest absolute Gasteiger partial charge is 1.00 e. The van der Waals surface area contributed by atoms with Gasteiger partial charge in [0.25, 0.3) is 0 Å². The molecular weight excluding hydrogens is 103 g/mol. The van der Waals surface area contributed by atoms with Crippen molar-refractivity contribution in [2.45, 2.75) is 26.4 Å². The van der Waals surface area contributed by atoms with E-state index in [1.54, 1.807) is 20.8 Å². The van der Waals surface area contributed by atoms with Crippen molar-refractivity contribution >= 4 is 0 Å². The van der Waals surface area contributed by atoms with Crippen LogP contribution >= 0.6 is 0 Å². The molecule has 2 nitrogen and oxygen atoms in total. The molecule has 1 N–H and O–H groups in total. The molecule has 0 aliphatic heterocycles. The molecule has 0 fully saturated rings. The van der Waals surface area contributed by atoms with Crippen LogP contribution in [0.15, 0.2) is 0 Å². The van der Waals surface area contributed by atoms with E-state index in [2.05, 4.69) is 4.89 Å². The van der Waals surface area contributed by atoms with Crippen LogP contribution in [-0.2, 0) is 4.89 Å². The Morgan fingerprint density at radius 2 is 1.57 bits per heavy atom. The predicted molar refractivity (Wildman–Crippen MR) is 24.6 cm³/mol. The molecule has 0 aromatic rings. The number of hydrogen-bond donors (Lipinski definition) is 1. The SMILES string of the molecule is CC(C)(C)OO.[H-].[Na+]. The molecule has 0 atom stereocenters. The van der Waals surface area contributed by atoms with E-state index in [4.69, 9.17) is 5.26 Å². The maximum atomic E-state index is 7.90. The van der Waals surface area contributed by atoms with E-state index in [1.165, 1.54) is 0 Å². The van der Waals surface area contributed by atoms with Crippen LogP contribution in [0.1, 0.15) is 22.2 Å². The summed E-state index contributed by atoms with van der Waals surface area (Å²) in [7, 11) is 0. The van der Waals surface area contributed by atoms with Gasteiger partial charge in [-0.2, -0.15) is 0 Å². The Balaban J connectivity index is -0.000000125. The maximum Gasteiger partial charge on any atom is 1.00 e. The minimum atomic E-state index is -0.403. The van der Waals surface area contributed by atoms with Gasteiger partial charge in [-0.15, -0.1) is 0 Å². The third kappa shape index (κ3) is 10.9. The van der Waals surface area contributed by atoms with Crippen LogP contribution in [0.25, 0.3) is 0 Å². The van der Waals surface area contributed by atoms with Crippen molar-refractivity contribution < 1.29 is 41.1 Å². The summed E-state index contributed by atoms with van der Waals surface area (Å²) in [6.45, 7) is 5.31. The predicted octanol–water partition coefficient (Wildman–Crippen LogP) is -1.61. The van der Waals surface area contributed by atoms with Gasteiger partial charge >= 0.3 is 29.6 Å². The summed E-state index contributed by atoms with van der Waals surface area (Å²) in [5.41, 5.74) is -0.403. The molecule has 0 aromatic carbocycles. The van der Waals surface area contributed by atoms with Gasteiger partial charge in [0.05, 0.1) is 5.60 Å². The van der Waals surface area contributed by atoms with Gasteiger partial charge in [0.2, 0.25) is 0 Å². The Hall–Kier alpha value is 0.920. The van der Waals surface area contributed by atoms with Crippen LogP contribution in [-0.4, -0.2) is 10.9 Å². The summed E-state index contributed by atoms with van der Waals surface area (Å²) in [6.07, 6.45) is 0. The summed E-state index contributed by atoms with van der Waals surface area (Å²) in [5.74, 6) is 0. The molecule has 0 aliphatic rings. The van der Waals surface area contributed by atoms with Crippen molar-refractivity contribution in [2.75, 3.05) is 0 Å². The van der Waals surface area contributed by atoms with Crippen molar-refractivity contribution in [1.82, 2.24) is 0 Å². The Bertz CT molecular complexity index is 43.8. The van der Waals surface area contributed by atoms with E-state index in [-0.39, 0.29) is 31.0 Å². The van der Waals surface area contributed by atoms with Gasteiger partial charge in [-0.3, -0.25) is 5.26 Å². The summed E-state index contributed by atoms with van der Waals surface area (Å²) in [4.78, 5) is 3.94. The van der Waals surface area contributed by atoms with Crippen molar-refractivity contribution in [2.24, 2.45) is 0 Å². The van der Waals surface area contributed by atoms with Crippen molar-refractivity contribution in [3.63, 3.8) is 0 Å². The van der Waals surface area contributed by atoms with Gasteiger partial charge in [0.1, 0.15) is 0 Å². The first-order chi connectivity index (χ1) is 2.56.